The minimum absolute atomic E-state index is 0.0594. The van der Waals surface area contributed by atoms with Gasteiger partial charge in [0.2, 0.25) is 0 Å². The summed E-state index contributed by atoms with van der Waals surface area (Å²) in [4.78, 5) is 2.39. The topological polar surface area (TPSA) is 56.5 Å². The molecule has 2 rings (SSSR count). The highest BCUT2D eigenvalue weighted by Crippen LogP contribution is 2.31. The van der Waals surface area contributed by atoms with Crippen LogP contribution in [-0.2, 0) is 4.74 Å². The molecule has 3 unspecified atom stereocenters. The van der Waals surface area contributed by atoms with Gasteiger partial charge < -0.3 is 9.84 Å². The van der Waals surface area contributed by atoms with E-state index in [1.54, 1.807) is 0 Å². The van der Waals surface area contributed by atoms with Crippen LogP contribution in [0.3, 0.4) is 0 Å². The largest absolute Gasteiger partial charge is 0.394 e. The minimum atomic E-state index is -0.238. The minimum Gasteiger partial charge on any atom is -0.394 e. The molecule has 3 atom stereocenters. The number of rotatable bonds is 2. The van der Waals surface area contributed by atoms with E-state index in [1.165, 1.54) is 19.3 Å². The average molecular weight is 266 g/mol. The smallest absolute Gasteiger partial charge is 0.0940 e. The van der Waals surface area contributed by atoms with Gasteiger partial charge in [-0.25, -0.2) is 0 Å². The molecular formula is C15H26N2O2. The third-order valence-corrected chi connectivity index (χ3v) is 4.33. The van der Waals surface area contributed by atoms with E-state index in [1.807, 2.05) is 0 Å². The second kappa shape index (κ2) is 6.21. The van der Waals surface area contributed by atoms with Gasteiger partial charge in [0.1, 0.15) is 0 Å². The van der Waals surface area contributed by atoms with Gasteiger partial charge in [-0.3, -0.25) is 4.90 Å². The van der Waals surface area contributed by atoms with Gasteiger partial charge in [-0.15, -0.1) is 0 Å². The summed E-state index contributed by atoms with van der Waals surface area (Å²) in [6, 6.07) is 2.84. The lowest BCUT2D eigenvalue weighted by atomic mass is 9.92. The summed E-state index contributed by atoms with van der Waals surface area (Å²) in [5, 5.41) is 18.8. The van der Waals surface area contributed by atoms with Crippen LogP contribution in [0.15, 0.2) is 0 Å². The zero-order valence-electron chi connectivity index (χ0n) is 12.1. The lowest BCUT2D eigenvalue weighted by Crippen LogP contribution is -2.58. The summed E-state index contributed by atoms with van der Waals surface area (Å²) in [6.07, 6.45) is 5.63. The molecule has 1 heterocycles. The number of aliphatic hydroxyl groups excluding tert-OH is 1. The normalized spacial score (nSPS) is 36.4. The van der Waals surface area contributed by atoms with E-state index >= 15 is 0 Å². The van der Waals surface area contributed by atoms with Crippen LogP contribution < -0.4 is 0 Å². The Morgan fingerprint density at radius 2 is 2.05 bits per heavy atom. The zero-order valence-corrected chi connectivity index (χ0v) is 12.1. The molecule has 4 heteroatoms. The first kappa shape index (κ1) is 14.8. The number of nitrogens with zero attached hydrogens (tertiary/aromatic N) is 2. The Hall–Kier alpha value is -0.630. The van der Waals surface area contributed by atoms with Crippen molar-refractivity contribution in [2.24, 2.45) is 5.92 Å². The Labute approximate surface area is 116 Å². The van der Waals surface area contributed by atoms with E-state index in [2.05, 4.69) is 24.8 Å². The van der Waals surface area contributed by atoms with Crippen molar-refractivity contribution in [3.05, 3.63) is 0 Å². The van der Waals surface area contributed by atoms with Crippen molar-refractivity contribution in [1.82, 2.24) is 4.90 Å². The number of hydrogen-bond donors (Lipinski definition) is 1. The van der Waals surface area contributed by atoms with Crippen LogP contribution in [0.5, 0.6) is 0 Å². The lowest BCUT2D eigenvalue weighted by Gasteiger charge is -2.46. The molecular weight excluding hydrogens is 240 g/mol. The van der Waals surface area contributed by atoms with E-state index < -0.39 is 0 Å². The SMILES string of the molecule is CC1(C)CN(C2CCCCCC2C#N)CC(CO)O1. The third kappa shape index (κ3) is 3.68. The molecule has 2 fully saturated rings. The van der Waals surface area contributed by atoms with Gasteiger partial charge in [-0.1, -0.05) is 19.3 Å². The fourth-order valence-corrected chi connectivity index (χ4v) is 3.56. The molecule has 1 saturated carbocycles. The van der Waals surface area contributed by atoms with Crippen LogP contribution in [0.1, 0.15) is 46.0 Å². The van der Waals surface area contributed by atoms with E-state index in [-0.39, 0.29) is 24.2 Å². The Bertz CT molecular complexity index is 338. The molecule has 0 radical (unpaired) electrons. The van der Waals surface area contributed by atoms with Crippen LogP contribution in [0, 0.1) is 17.2 Å². The van der Waals surface area contributed by atoms with Gasteiger partial charge >= 0.3 is 0 Å². The monoisotopic (exact) mass is 266 g/mol. The van der Waals surface area contributed by atoms with Crippen molar-refractivity contribution in [2.75, 3.05) is 19.7 Å². The molecule has 1 N–H and O–H groups in total. The summed E-state index contributed by atoms with van der Waals surface area (Å²) >= 11 is 0. The zero-order chi connectivity index (χ0) is 13.9. The molecule has 0 aromatic carbocycles. The lowest BCUT2D eigenvalue weighted by molar-refractivity contribution is -0.159. The van der Waals surface area contributed by atoms with Gasteiger partial charge in [0.25, 0.3) is 0 Å². The molecule has 2 aliphatic rings. The first-order valence-electron chi connectivity index (χ1n) is 7.48. The maximum Gasteiger partial charge on any atom is 0.0940 e. The van der Waals surface area contributed by atoms with Crippen molar-refractivity contribution in [3.8, 4) is 6.07 Å². The maximum atomic E-state index is 9.41. The van der Waals surface area contributed by atoms with Gasteiger partial charge in [0.15, 0.2) is 0 Å². The average Bonchev–Trinajstić information content (AvgIpc) is 2.61. The molecule has 0 aromatic rings. The van der Waals surface area contributed by atoms with Crippen LogP contribution in [0.2, 0.25) is 0 Å². The van der Waals surface area contributed by atoms with E-state index in [4.69, 9.17) is 4.74 Å². The number of morpholine rings is 1. The second-order valence-corrected chi connectivity index (χ2v) is 6.55. The van der Waals surface area contributed by atoms with Crippen molar-refractivity contribution in [3.63, 3.8) is 0 Å². The molecule has 0 spiro atoms. The van der Waals surface area contributed by atoms with Crippen molar-refractivity contribution >= 4 is 0 Å². The molecule has 0 aromatic heterocycles. The fourth-order valence-electron chi connectivity index (χ4n) is 3.56. The summed E-state index contributed by atoms with van der Waals surface area (Å²) in [5.74, 6) is 0.135. The molecule has 1 aliphatic carbocycles. The Morgan fingerprint density at radius 1 is 1.32 bits per heavy atom. The fraction of sp³-hybridized carbons (Fsp3) is 0.933. The van der Waals surface area contributed by atoms with Gasteiger partial charge in [0.05, 0.1) is 30.3 Å². The highest BCUT2D eigenvalue weighted by atomic mass is 16.5. The van der Waals surface area contributed by atoms with Crippen molar-refractivity contribution < 1.29 is 9.84 Å². The molecule has 0 amide bonds. The number of aliphatic hydroxyl groups is 1. The highest BCUT2D eigenvalue weighted by Gasteiger charge is 2.38. The molecule has 4 nitrogen and oxygen atoms in total. The first-order valence-corrected chi connectivity index (χ1v) is 7.48. The highest BCUT2D eigenvalue weighted by molar-refractivity contribution is 4.98. The Balaban J connectivity index is 2.11. The predicted molar refractivity (Wildman–Crippen MR) is 73.6 cm³/mol. The summed E-state index contributed by atoms with van der Waals surface area (Å²) in [5.41, 5.74) is -0.238. The third-order valence-electron chi connectivity index (χ3n) is 4.33. The van der Waals surface area contributed by atoms with E-state index in [0.29, 0.717) is 6.04 Å². The molecule has 0 bridgehead atoms. The number of hydrogen-bond acceptors (Lipinski definition) is 4. The number of ether oxygens (including phenoxy) is 1. The molecule has 19 heavy (non-hydrogen) atoms. The first-order chi connectivity index (χ1) is 9.05. The van der Waals surface area contributed by atoms with E-state index in [0.717, 1.165) is 25.9 Å². The standard InChI is InChI=1S/C15H26N2O2/c1-15(2)11-17(9-13(10-18)19-15)14-7-5-3-4-6-12(14)8-16/h12-14,18H,3-7,9-11H2,1-2H3. The Morgan fingerprint density at radius 3 is 2.74 bits per heavy atom. The molecule has 108 valence electrons. The number of nitriles is 1. The summed E-state index contributed by atoms with van der Waals surface area (Å²) < 4.78 is 5.87. The Kier molecular flexibility index (Phi) is 4.83. The summed E-state index contributed by atoms with van der Waals surface area (Å²) in [7, 11) is 0. The van der Waals surface area contributed by atoms with Crippen LogP contribution >= 0.6 is 0 Å². The quantitative estimate of drug-likeness (QED) is 0.776. The van der Waals surface area contributed by atoms with Crippen molar-refractivity contribution in [1.29, 1.82) is 5.26 Å². The van der Waals surface area contributed by atoms with Gasteiger partial charge in [0, 0.05) is 19.1 Å². The molecule has 1 saturated heterocycles. The van der Waals surface area contributed by atoms with Crippen LogP contribution in [-0.4, -0.2) is 47.4 Å². The van der Waals surface area contributed by atoms with Crippen molar-refractivity contribution in [2.45, 2.75) is 63.7 Å². The summed E-state index contributed by atoms with van der Waals surface area (Å²) in [6.45, 7) is 5.80. The second-order valence-electron chi connectivity index (χ2n) is 6.55. The van der Waals surface area contributed by atoms with Crippen LogP contribution in [0.4, 0.5) is 0 Å². The van der Waals surface area contributed by atoms with E-state index in [9.17, 15) is 10.4 Å². The van der Waals surface area contributed by atoms with Gasteiger partial charge in [-0.2, -0.15) is 5.26 Å². The predicted octanol–water partition coefficient (Wildman–Crippen LogP) is 1.93. The maximum absolute atomic E-state index is 9.41. The molecule has 1 aliphatic heterocycles. The van der Waals surface area contributed by atoms with Crippen LogP contribution in [0.25, 0.3) is 0 Å². The van der Waals surface area contributed by atoms with Gasteiger partial charge in [-0.05, 0) is 26.7 Å².